The van der Waals surface area contributed by atoms with Gasteiger partial charge in [-0.3, -0.25) is 9.59 Å². The first-order chi connectivity index (χ1) is 17.6. The van der Waals surface area contributed by atoms with Crippen LogP contribution in [0, 0.1) is 0 Å². The Labute approximate surface area is 210 Å². The second kappa shape index (κ2) is 10.4. The number of benzene rings is 3. The van der Waals surface area contributed by atoms with Crippen molar-refractivity contribution in [1.82, 2.24) is 9.30 Å². The lowest BCUT2D eigenvalue weighted by Gasteiger charge is -2.26. The molecule has 1 atom stereocenters. The Hall–Kier alpha value is -4.48. The van der Waals surface area contributed by atoms with Crippen molar-refractivity contribution in [3.8, 4) is 11.1 Å². The number of carbonyl (C=O) groups excluding carboxylic acids is 2. The van der Waals surface area contributed by atoms with Gasteiger partial charge < -0.3 is 15.0 Å². The molecule has 5 aromatic rings. The van der Waals surface area contributed by atoms with E-state index in [9.17, 15) is 9.59 Å². The number of fused-ring (bicyclic) bond motifs is 1. The first-order valence-corrected chi connectivity index (χ1v) is 12.0. The Bertz CT molecular complexity index is 1480. The van der Waals surface area contributed by atoms with Crippen molar-refractivity contribution in [3.63, 3.8) is 0 Å². The minimum absolute atomic E-state index is 0.0882. The molecule has 5 nitrogen and oxygen atoms in total. The molecule has 36 heavy (non-hydrogen) atoms. The molecular weight excluding hydrogens is 446 g/mol. The smallest absolute Gasteiger partial charge is 0.254 e. The number of nitrogens with two attached hydrogens (primary N) is 1. The van der Waals surface area contributed by atoms with Crippen molar-refractivity contribution in [3.05, 3.63) is 138 Å². The van der Waals surface area contributed by atoms with E-state index < -0.39 is 6.04 Å². The second-order valence-electron chi connectivity index (χ2n) is 8.76. The Balaban J connectivity index is 1.52. The highest BCUT2D eigenvalue weighted by molar-refractivity contribution is 6.06. The fourth-order valence-electron chi connectivity index (χ4n) is 4.52. The van der Waals surface area contributed by atoms with Crippen LogP contribution in [0.2, 0.25) is 0 Å². The predicted octanol–water partition coefficient (Wildman–Crippen LogP) is 5.63. The highest BCUT2D eigenvalue weighted by Gasteiger charge is 2.26. The van der Waals surface area contributed by atoms with Gasteiger partial charge in [0.05, 0.1) is 12.2 Å². The van der Waals surface area contributed by atoms with E-state index in [1.165, 1.54) is 0 Å². The third-order valence-electron chi connectivity index (χ3n) is 6.32. The lowest BCUT2D eigenvalue weighted by molar-refractivity contribution is 0.0698. The van der Waals surface area contributed by atoms with Gasteiger partial charge in [-0.25, -0.2) is 0 Å². The number of hydrogen-bond acceptors (Lipinski definition) is 3. The SMILES string of the molecule is NC(CN(CC(=O)c1c(-c2ccccc2)cc2ccccn12)C(=O)c1ccccc1)c1ccccc1. The first kappa shape index (κ1) is 23.3. The molecule has 3 aromatic carbocycles. The molecule has 1 unspecified atom stereocenters. The van der Waals surface area contributed by atoms with Crippen LogP contribution in [0.1, 0.15) is 32.5 Å². The number of pyridine rings is 1. The van der Waals surface area contributed by atoms with Crippen molar-refractivity contribution in [1.29, 1.82) is 0 Å². The average Bonchev–Trinajstić information content (AvgIpc) is 3.33. The zero-order valence-electron chi connectivity index (χ0n) is 19.8. The molecule has 0 bridgehead atoms. The van der Waals surface area contributed by atoms with Gasteiger partial charge in [0.15, 0.2) is 5.78 Å². The van der Waals surface area contributed by atoms with E-state index in [0.717, 1.165) is 22.2 Å². The Morgan fingerprint density at radius 1 is 0.778 bits per heavy atom. The molecule has 0 aliphatic carbocycles. The van der Waals surface area contributed by atoms with E-state index in [1.54, 1.807) is 17.0 Å². The molecular formula is C31H27N3O2. The zero-order valence-corrected chi connectivity index (χ0v) is 19.8. The molecule has 2 heterocycles. The van der Waals surface area contributed by atoms with Gasteiger partial charge in [-0.15, -0.1) is 0 Å². The second-order valence-corrected chi connectivity index (χ2v) is 8.76. The van der Waals surface area contributed by atoms with Crippen LogP contribution < -0.4 is 5.73 Å². The summed E-state index contributed by atoms with van der Waals surface area (Å²) in [4.78, 5) is 29.0. The third-order valence-corrected chi connectivity index (χ3v) is 6.32. The molecule has 2 N–H and O–H groups in total. The highest BCUT2D eigenvalue weighted by atomic mass is 16.2. The molecule has 0 aliphatic rings. The normalized spacial score (nSPS) is 11.8. The summed E-state index contributed by atoms with van der Waals surface area (Å²) in [6.07, 6.45) is 1.88. The number of hydrogen-bond donors (Lipinski definition) is 1. The maximum absolute atomic E-state index is 13.9. The van der Waals surface area contributed by atoms with Crippen molar-refractivity contribution < 1.29 is 9.59 Å². The summed E-state index contributed by atoms with van der Waals surface area (Å²) in [5, 5.41) is 0. The Kier molecular flexibility index (Phi) is 6.74. The number of carbonyl (C=O) groups is 2. The van der Waals surface area contributed by atoms with E-state index in [4.69, 9.17) is 5.73 Å². The highest BCUT2D eigenvalue weighted by Crippen LogP contribution is 2.28. The quantitative estimate of drug-likeness (QED) is 0.297. The lowest BCUT2D eigenvalue weighted by Crippen LogP contribution is -2.40. The van der Waals surface area contributed by atoms with Crippen LogP contribution in [-0.4, -0.2) is 34.1 Å². The predicted molar refractivity (Wildman–Crippen MR) is 143 cm³/mol. The fraction of sp³-hybridized carbons (Fsp3) is 0.0968. The van der Waals surface area contributed by atoms with Crippen LogP contribution in [0.5, 0.6) is 0 Å². The first-order valence-electron chi connectivity index (χ1n) is 12.0. The number of nitrogens with zero attached hydrogens (tertiary/aromatic N) is 2. The standard InChI is InChI=1S/C31H27N3O2/c32-28(24-14-6-2-7-15-24)21-33(31(36)25-16-8-3-9-17-25)22-29(35)30-27(23-12-4-1-5-13-23)20-26-18-10-11-19-34(26)30/h1-20,28H,21-22,32H2. The molecule has 5 rings (SSSR count). The molecule has 0 radical (unpaired) electrons. The van der Waals surface area contributed by atoms with Crippen LogP contribution in [0.15, 0.2) is 121 Å². The lowest BCUT2D eigenvalue weighted by atomic mass is 10.0. The minimum atomic E-state index is -0.427. The largest absolute Gasteiger partial charge is 0.329 e. The van der Waals surface area contributed by atoms with Crippen LogP contribution in [0.25, 0.3) is 16.6 Å². The molecule has 0 saturated carbocycles. The summed E-state index contributed by atoms with van der Waals surface area (Å²) in [6, 6.07) is 35.9. The van der Waals surface area contributed by atoms with Crippen molar-refractivity contribution in [2.24, 2.45) is 5.73 Å². The molecule has 2 aromatic heterocycles. The maximum Gasteiger partial charge on any atom is 0.254 e. The summed E-state index contributed by atoms with van der Waals surface area (Å²) in [6.45, 7) is 0.128. The van der Waals surface area contributed by atoms with Gasteiger partial charge in [-0.1, -0.05) is 84.9 Å². The van der Waals surface area contributed by atoms with Gasteiger partial charge in [-0.2, -0.15) is 0 Å². The van der Waals surface area contributed by atoms with Gasteiger partial charge in [-0.05, 0) is 41.5 Å². The molecule has 5 heteroatoms. The zero-order chi connectivity index (χ0) is 24.9. The summed E-state index contributed by atoms with van der Waals surface area (Å²) < 4.78 is 1.90. The Morgan fingerprint density at radius 2 is 1.39 bits per heavy atom. The Morgan fingerprint density at radius 3 is 2.08 bits per heavy atom. The monoisotopic (exact) mass is 473 g/mol. The summed E-state index contributed by atoms with van der Waals surface area (Å²) in [5.74, 6) is -0.373. The summed E-state index contributed by atoms with van der Waals surface area (Å²) in [5.41, 5.74) is 11.2. The van der Waals surface area contributed by atoms with Gasteiger partial charge in [0.25, 0.3) is 5.91 Å². The van der Waals surface area contributed by atoms with Gasteiger partial charge in [0.2, 0.25) is 0 Å². The maximum atomic E-state index is 13.9. The van der Waals surface area contributed by atoms with E-state index in [1.807, 2.05) is 114 Å². The molecule has 1 amide bonds. The number of amides is 1. The van der Waals surface area contributed by atoms with Crippen LogP contribution in [0.3, 0.4) is 0 Å². The number of ketones is 1. The van der Waals surface area contributed by atoms with Crippen molar-refractivity contribution in [2.45, 2.75) is 6.04 Å². The van der Waals surface area contributed by atoms with Crippen LogP contribution in [0.4, 0.5) is 0 Å². The molecule has 0 spiro atoms. The number of aromatic nitrogens is 1. The molecule has 0 saturated heterocycles. The summed E-state index contributed by atoms with van der Waals surface area (Å²) in [7, 11) is 0. The van der Waals surface area contributed by atoms with Crippen molar-refractivity contribution >= 4 is 17.2 Å². The van der Waals surface area contributed by atoms with Crippen LogP contribution >= 0.6 is 0 Å². The van der Waals surface area contributed by atoms with E-state index >= 15 is 0 Å². The van der Waals surface area contributed by atoms with E-state index in [-0.39, 0.29) is 24.8 Å². The van der Waals surface area contributed by atoms with Gasteiger partial charge in [0.1, 0.15) is 0 Å². The topological polar surface area (TPSA) is 67.8 Å². The van der Waals surface area contributed by atoms with Gasteiger partial charge >= 0.3 is 0 Å². The number of Topliss-reactive ketones (excluding diaryl/α,β-unsaturated/α-hetero) is 1. The van der Waals surface area contributed by atoms with Gasteiger partial charge in [0, 0.05) is 35.4 Å². The van der Waals surface area contributed by atoms with Crippen molar-refractivity contribution in [2.75, 3.05) is 13.1 Å². The molecule has 0 aliphatic heterocycles. The fourth-order valence-corrected chi connectivity index (χ4v) is 4.52. The van der Waals surface area contributed by atoms with E-state index in [2.05, 4.69) is 0 Å². The number of rotatable bonds is 8. The molecule has 178 valence electrons. The minimum Gasteiger partial charge on any atom is -0.329 e. The van der Waals surface area contributed by atoms with Crippen LogP contribution in [-0.2, 0) is 0 Å². The van der Waals surface area contributed by atoms with E-state index in [0.29, 0.717) is 11.3 Å². The average molecular weight is 474 g/mol. The third kappa shape index (κ3) is 4.83. The summed E-state index contributed by atoms with van der Waals surface area (Å²) >= 11 is 0. The molecule has 0 fully saturated rings.